The first-order valence-corrected chi connectivity index (χ1v) is 6.80. The summed E-state index contributed by atoms with van der Waals surface area (Å²) in [4.78, 5) is 26.9. The summed E-state index contributed by atoms with van der Waals surface area (Å²) < 4.78 is 5.10. The lowest BCUT2D eigenvalue weighted by atomic mass is 10.1. The van der Waals surface area contributed by atoms with Gasteiger partial charge in [0.2, 0.25) is 0 Å². The van der Waals surface area contributed by atoms with Crippen LogP contribution >= 0.6 is 11.3 Å². The van der Waals surface area contributed by atoms with Gasteiger partial charge in [-0.05, 0) is 33.6 Å². The maximum atomic E-state index is 11.6. The Balaban J connectivity index is 2.03. The Hall–Kier alpha value is -1.63. The summed E-state index contributed by atoms with van der Waals surface area (Å²) >= 11 is 1.20. The van der Waals surface area contributed by atoms with Crippen molar-refractivity contribution in [3.63, 3.8) is 0 Å². The molecule has 0 atom stereocenters. The fourth-order valence-electron chi connectivity index (χ4n) is 1.65. The zero-order valence-electron chi connectivity index (χ0n) is 11.0. The zero-order valence-corrected chi connectivity index (χ0v) is 11.8. The highest BCUT2D eigenvalue weighted by Gasteiger charge is 2.53. The van der Waals surface area contributed by atoms with Crippen molar-refractivity contribution in [1.82, 2.24) is 4.98 Å². The van der Waals surface area contributed by atoms with Gasteiger partial charge in [0.05, 0.1) is 5.69 Å². The molecule has 1 heterocycles. The van der Waals surface area contributed by atoms with Crippen molar-refractivity contribution >= 4 is 28.5 Å². The first-order chi connectivity index (χ1) is 8.73. The van der Waals surface area contributed by atoms with Gasteiger partial charge in [0.15, 0.2) is 5.13 Å². The zero-order chi connectivity index (χ0) is 14.3. The summed E-state index contributed by atoms with van der Waals surface area (Å²) in [7, 11) is 0. The third kappa shape index (κ3) is 3.04. The molecule has 6 nitrogen and oxygen atoms in total. The molecular formula is C12H16N2O4S. The second kappa shape index (κ2) is 4.48. The number of amides is 1. The van der Waals surface area contributed by atoms with Gasteiger partial charge in [0.1, 0.15) is 11.0 Å². The van der Waals surface area contributed by atoms with Gasteiger partial charge in [0.25, 0.3) is 0 Å². The summed E-state index contributed by atoms with van der Waals surface area (Å²) in [6, 6.07) is 0. The van der Waals surface area contributed by atoms with Crippen LogP contribution in [-0.2, 0) is 14.9 Å². The Kier molecular flexibility index (Phi) is 3.25. The normalized spacial score (nSPS) is 16.8. The van der Waals surface area contributed by atoms with Crippen LogP contribution in [0.4, 0.5) is 9.93 Å². The second-order valence-electron chi connectivity index (χ2n) is 5.55. The molecule has 1 fully saturated rings. The van der Waals surface area contributed by atoms with Crippen LogP contribution in [0.2, 0.25) is 0 Å². The molecular weight excluding hydrogens is 268 g/mol. The number of hydrogen-bond acceptors (Lipinski definition) is 5. The average Bonchev–Trinajstić information content (AvgIpc) is 2.92. The molecule has 19 heavy (non-hydrogen) atoms. The van der Waals surface area contributed by atoms with E-state index in [1.165, 1.54) is 11.3 Å². The highest BCUT2D eigenvalue weighted by molar-refractivity contribution is 7.14. The minimum absolute atomic E-state index is 0.358. The van der Waals surface area contributed by atoms with Crippen LogP contribution in [0, 0.1) is 0 Å². The van der Waals surface area contributed by atoms with Gasteiger partial charge in [-0.15, -0.1) is 11.3 Å². The van der Waals surface area contributed by atoms with Gasteiger partial charge in [-0.25, -0.2) is 9.78 Å². The van der Waals surface area contributed by atoms with E-state index in [4.69, 9.17) is 9.84 Å². The average molecular weight is 284 g/mol. The molecule has 1 aliphatic carbocycles. The summed E-state index contributed by atoms with van der Waals surface area (Å²) in [5.74, 6) is -0.860. The molecule has 104 valence electrons. The maximum Gasteiger partial charge on any atom is 0.413 e. The van der Waals surface area contributed by atoms with Crippen LogP contribution in [0.15, 0.2) is 5.38 Å². The Bertz CT molecular complexity index is 514. The first-order valence-electron chi connectivity index (χ1n) is 5.92. The smallest absolute Gasteiger partial charge is 0.413 e. The highest BCUT2D eigenvalue weighted by atomic mass is 32.1. The predicted octanol–water partition coefficient (Wildman–Crippen LogP) is 2.61. The number of nitrogens with zero attached hydrogens (tertiary/aromatic N) is 1. The Morgan fingerprint density at radius 1 is 1.47 bits per heavy atom. The molecule has 0 bridgehead atoms. The topological polar surface area (TPSA) is 88.5 Å². The molecule has 1 aliphatic rings. The number of thiazole rings is 1. The molecule has 0 saturated heterocycles. The standard InChI is InChI=1S/C12H16N2O4S/c1-11(2,3)18-10(17)14-9-13-7(6-19-9)12(4-5-12)8(15)16/h6H,4-5H2,1-3H3,(H,15,16)(H,13,14,17). The van der Waals surface area contributed by atoms with Crippen LogP contribution < -0.4 is 5.32 Å². The highest BCUT2D eigenvalue weighted by Crippen LogP contribution is 2.48. The van der Waals surface area contributed by atoms with Crippen molar-refractivity contribution in [1.29, 1.82) is 0 Å². The van der Waals surface area contributed by atoms with E-state index in [0.29, 0.717) is 23.7 Å². The lowest BCUT2D eigenvalue weighted by Crippen LogP contribution is -2.27. The number of carbonyl (C=O) groups excluding carboxylic acids is 1. The van der Waals surface area contributed by atoms with Crippen molar-refractivity contribution in [3.05, 3.63) is 11.1 Å². The molecule has 2 N–H and O–H groups in total. The molecule has 1 saturated carbocycles. The minimum Gasteiger partial charge on any atom is -0.481 e. The third-order valence-electron chi connectivity index (χ3n) is 2.76. The predicted molar refractivity (Wildman–Crippen MR) is 70.5 cm³/mol. The van der Waals surface area contributed by atoms with E-state index in [9.17, 15) is 9.59 Å². The van der Waals surface area contributed by atoms with Gasteiger partial charge in [0, 0.05) is 5.38 Å². The Morgan fingerprint density at radius 3 is 2.58 bits per heavy atom. The number of carboxylic acids is 1. The fraction of sp³-hybridized carbons (Fsp3) is 0.583. The molecule has 0 spiro atoms. The van der Waals surface area contributed by atoms with Gasteiger partial charge < -0.3 is 9.84 Å². The largest absolute Gasteiger partial charge is 0.481 e. The van der Waals surface area contributed by atoms with E-state index < -0.39 is 23.1 Å². The SMILES string of the molecule is CC(C)(C)OC(=O)Nc1nc(C2(C(=O)O)CC2)cs1. The summed E-state index contributed by atoms with van der Waals surface area (Å²) in [5, 5.41) is 13.7. The number of aliphatic carboxylic acids is 1. The molecule has 0 unspecified atom stereocenters. The molecule has 1 aromatic heterocycles. The van der Waals surface area contributed by atoms with E-state index in [1.54, 1.807) is 26.2 Å². The first kappa shape index (κ1) is 13.8. The molecule has 2 rings (SSSR count). The molecule has 1 amide bonds. The number of carboxylic acid groups (broad SMARTS) is 1. The number of hydrogen-bond donors (Lipinski definition) is 2. The van der Waals surface area contributed by atoms with E-state index in [0.717, 1.165) is 0 Å². The van der Waals surface area contributed by atoms with Crippen LogP contribution in [0.1, 0.15) is 39.3 Å². The number of ether oxygens (including phenoxy) is 1. The van der Waals surface area contributed by atoms with E-state index in [-0.39, 0.29) is 0 Å². The van der Waals surface area contributed by atoms with Gasteiger partial charge >= 0.3 is 12.1 Å². The molecule has 0 aromatic carbocycles. The monoisotopic (exact) mass is 284 g/mol. The fourth-order valence-corrected chi connectivity index (χ4v) is 2.44. The minimum atomic E-state index is -0.860. The number of carbonyl (C=O) groups is 2. The van der Waals surface area contributed by atoms with Gasteiger partial charge in [-0.3, -0.25) is 10.1 Å². The third-order valence-corrected chi connectivity index (χ3v) is 3.52. The molecule has 0 aliphatic heterocycles. The molecule has 7 heteroatoms. The van der Waals surface area contributed by atoms with Crippen molar-refractivity contribution in [2.45, 2.75) is 44.6 Å². The van der Waals surface area contributed by atoms with Gasteiger partial charge in [-0.1, -0.05) is 0 Å². The summed E-state index contributed by atoms with van der Waals surface area (Å²) in [5.41, 5.74) is -0.913. The Morgan fingerprint density at radius 2 is 2.11 bits per heavy atom. The summed E-state index contributed by atoms with van der Waals surface area (Å²) in [6.07, 6.45) is 0.601. The number of aromatic nitrogens is 1. The second-order valence-corrected chi connectivity index (χ2v) is 6.41. The van der Waals surface area contributed by atoms with Gasteiger partial charge in [-0.2, -0.15) is 0 Å². The molecule has 0 radical (unpaired) electrons. The van der Waals surface area contributed by atoms with Crippen molar-refractivity contribution in [2.75, 3.05) is 5.32 Å². The summed E-state index contributed by atoms with van der Waals surface area (Å²) in [6.45, 7) is 5.30. The van der Waals surface area contributed by atoms with Crippen molar-refractivity contribution in [3.8, 4) is 0 Å². The van der Waals surface area contributed by atoms with E-state index in [2.05, 4.69) is 10.3 Å². The van der Waals surface area contributed by atoms with Crippen LogP contribution in [0.3, 0.4) is 0 Å². The lowest BCUT2D eigenvalue weighted by Gasteiger charge is -2.18. The van der Waals surface area contributed by atoms with Crippen LogP contribution in [0.5, 0.6) is 0 Å². The maximum absolute atomic E-state index is 11.6. The van der Waals surface area contributed by atoms with Crippen LogP contribution in [-0.4, -0.2) is 27.8 Å². The van der Waals surface area contributed by atoms with E-state index in [1.807, 2.05) is 0 Å². The quantitative estimate of drug-likeness (QED) is 0.890. The van der Waals surface area contributed by atoms with Crippen LogP contribution in [0.25, 0.3) is 0 Å². The number of nitrogens with one attached hydrogen (secondary N) is 1. The van der Waals surface area contributed by atoms with E-state index >= 15 is 0 Å². The molecule has 1 aromatic rings. The number of rotatable bonds is 3. The Labute approximate surface area is 114 Å². The van der Waals surface area contributed by atoms with Crippen molar-refractivity contribution in [2.24, 2.45) is 0 Å². The van der Waals surface area contributed by atoms with Crippen molar-refractivity contribution < 1.29 is 19.4 Å². The number of anilines is 1. The lowest BCUT2D eigenvalue weighted by molar-refractivity contribution is -0.140.